The Balaban J connectivity index is 4.51. The number of ether oxygens (including phenoxy) is 1. The second kappa shape index (κ2) is 10.1. The van der Waals surface area contributed by atoms with Crippen molar-refractivity contribution in [2.45, 2.75) is 45.6 Å². The maximum Gasteiger partial charge on any atom is 0.326 e. The number of nitrogens with zero attached hydrogens (tertiary/aromatic N) is 1. The van der Waals surface area contributed by atoms with E-state index in [-0.39, 0.29) is 12.8 Å². The van der Waals surface area contributed by atoms with Crippen molar-refractivity contribution in [3.8, 4) is 0 Å². The molecule has 0 spiro atoms. The first-order chi connectivity index (χ1) is 9.46. The summed E-state index contributed by atoms with van der Waals surface area (Å²) in [5, 5.41) is 11.5. The number of hydrogen-bond acceptors (Lipinski definition) is 4. The standard InChI is InChI=1S/C13H24N2O5/c1-4-8-15(9-5-2)13(19)14-10(12(17)18)6-7-11(16)20-3/h10H,4-9H2,1-3H3,(H,14,19)(H,17,18)/t10-/m1/s1. The van der Waals surface area contributed by atoms with Gasteiger partial charge in [-0.05, 0) is 19.3 Å². The SMILES string of the molecule is CCCN(CCC)C(=O)N[C@H](CCC(=O)OC)C(=O)O. The Hall–Kier alpha value is -1.79. The van der Waals surface area contributed by atoms with Gasteiger partial charge in [-0.25, -0.2) is 9.59 Å². The number of esters is 1. The quantitative estimate of drug-likeness (QED) is 0.622. The molecule has 20 heavy (non-hydrogen) atoms. The highest BCUT2D eigenvalue weighted by Gasteiger charge is 2.23. The number of rotatable bonds is 9. The zero-order valence-corrected chi connectivity index (χ0v) is 12.3. The highest BCUT2D eigenvalue weighted by Crippen LogP contribution is 2.02. The molecule has 0 aliphatic rings. The van der Waals surface area contributed by atoms with Crippen LogP contribution in [0.3, 0.4) is 0 Å². The molecule has 0 aromatic carbocycles. The Bertz CT molecular complexity index is 327. The lowest BCUT2D eigenvalue weighted by Gasteiger charge is -2.24. The zero-order valence-electron chi connectivity index (χ0n) is 12.3. The van der Waals surface area contributed by atoms with Crippen LogP contribution in [0.25, 0.3) is 0 Å². The molecule has 0 fully saturated rings. The van der Waals surface area contributed by atoms with Crippen LogP contribution in [0.4, 0.5) is 4.79 Å². The van der Waals surface area contributed by atoms with Crippen LogP contribution in [-0.4, -0.2) is 54.2 Å². The number of hydrogen-bond donors (Lipinski definition) is 2. The fourth-order valence-electron chi connectivity index (χ4n) is 1.72. The van der Waals surface area contributed by atoms with Gasteiger partial charge in [-0.1, -0.05) is 13.8 Å². The van der Waals surface area contributed by atoms with E-state index in [1.54, 1.807) is 4.90 Å². The number of carbonyl (C=O) groups excluding carboxylic acids is 2. The van der Waals surface area contributed by atoms with Crippen molar-refractivity contribution in [1.82, 2.24) is 10.2 Å². The first-order valence-corrected chi connectivity index (χ1v) is 6.81. The smallest absolute Gasteiger partial charge is 0.326 e. The number of urea groups is 1. The zero-order chi connectivity index (χ0) is 15.5. The van der Waals surface area contributed by atoms with E-state index in [0.717, 1.165) is 12.8 Å². The Kier molecular flexibility index (Phi) is 9.15. The monoisotopic (exact) mass is 288 g/mol. The predicted molar refractivity (Wildman–Crippen MR) is 73.4 cm³/mol. The third kappa shape index (κ3) is 6.96. The molecule has 0 unspecified atom stereocenters. The van der Waals surface area contributed by atoms with E-state index in [1.165, 1.54) is 7.11 Å². The molecule has 0 aromatic rings. The molecule has 0 bridgehead atoms. The highest BCUT2D eigenvalue weighted by atomic mass is 16.5. The van der Waals surface area contributed by atoms with Crippen molar-refractivity contribution >= 4 is 18.0 Å². The lowest BCUT2D eigenvalue weighted by Crippen LogP contribution is -2.48. The van der Waals surface area contributed by atoms with E-state index >= 15 is 0 Å². The lowest BCUT2D eigenvalue weighted by molar-refractivity contribution is -0.142. The maximum atomic E-state index is 12.0. The molecule has 1 atom stereocenters. The first-order valence-electron chi connectivity index (χ1n) is 6.81. The molecule has 0 saturated heterocycles. The third-order valence-electron chi connectivity index (χ3n) is 2.73. The van der Waals surface area contributed by atoms with Gasteiger partial charge in [-0.15, -0.1) is 0 Å². The van der Waals surface area contributed by atoms with Gasteiger partial charge in [0.15, 0.2) is 0 Å². The third-order valence-corrected chi connectivity index (χ3v) is 2.73. The molecule has 2 N–H and O–H groups in total. The Labute approximate surface area is 119 Å². The number of methoxy groups -OCH3 is 1. The van der Waals surface area contributed by atoms with Crippen molar-refractivity contribution in [2.24, 2.45) is 0 Å². The summed E-state index contributed by atoms with van der Waals surface area (Å²) < 4.78 is 4.45. The van der Waals surface area contributed by atoms with Gasteiger partial charge in [0.25, 0.3) is 0 Å². The molecule has 0 aliphatic heterocycles. The maximum absolute atomic E-state index is 12.0. The highest BCUT2D eigenvalue weighted by molar-refractivity contribution is 5.83. The molecule has 0 radical (unpaired) electrons. The summed E-state index contributed by atoms with van der Waals surface area (Å²) in [6.45, 7) is 5.04. The second-order valence-electron chi connectivity index (χ2n) is 4.44. The number of carbonyl (C=O) groups is 3. The van der Waals surface area contributed by atoms with E-state index in [9.17, 15) is 14.4 Å². The Morgan fingerprint density at radius 3 is 2.15 bits per heavy atom. The van der Waals surface area contributed by atoms with E-state index in [0.29, 0.717) is 13.1 Å². The molecule has 0 heterocycles. The fourth-order valence-corrected chi connectivity index (χ4v) is 1.72. The molecular weight excluding hydrogens is 264 g/mol. The van der Waals surface area contributed by atoms with E-state index in [4.69, 9.17) is 5.11 Å². The number of carboxylic acid groups (broad SMARTS) is 1. The average Bonchev–Trinajstić information content (AvgIpc) is 2.42. The minimum atomic E-state index is -1.16. The van der Waals surface area contributed by atoms with Crippen LogP contribution < -0.4 is 5.32 Å². The normalized spacial score (nSPS) is 11.6. The van der Waals surface area contributed by atoms with Crippen LogP contribution in [-0.2, 0) is 14.3 Å². The number of carboxylic acids is 1. The van der Waals surface area contributed by atoms with Crippen LogP contribution in [0.2, 0.25) is 0 Å². The average molecular weight is 288 g/mol. The minimum Gasteiger partial charge on any atom is -0.480 e. The number of aliphatic carboxylic acids is 1. The van der Waals surface area contributed by atoms with Gasteiger partial charge in [0.05, 0.1) is 7.11 Å². The summed E-state index contributed by atoms with van der Waals surface area (Å²) in [5.74, 6) is -1.65. The fraction of sp³-hybridized carbons (Fsp3) is 0.769. The van der Waals surface area contributed by atoms with E-state index in [1.807, 2.05) is 13.8 Å². The van der Waals surface area contributed by atoms with Crippen molar-refractivity contribution in [3.05, 3.63) is 0 Å². The van der Waals surface area contributed by atoms with E-state index in [2.05, 4.69) is 10.1 Å². The summed E-state index contributed by atoms with van der Waals surface area (Å²) in [4.78, 5) is 35.7. The van der Waals surface area contributed by atoms with Crippen molar-refractivity contribution in [2.75, 3.05) is 20.2 Å². The van der Waals surface area contributed by atoms with Gasteiger partial charge in [-0.2, -0.15) is 0 Å². The Morgan fingerprint density at radius 2 is 1.75 bits per heavy atom. The van der Waals surface area contributed by atoms with E-state index < -0.39 is 24.0 Å². The number of amides is 2. The van der Waals surface area contributed by atoms with Gasteiger partial charge in [0, 0.05) is 19.5 Å². The van der Waals surface area contributed by atoms with Crippen LogP contribution in [0.15, 0.2) is 0 Å². The molecular formula is C13H24N2O5. The largest absolute Gasteiger partial charge is 0.480 e. The molecule has 0 aromatic heterocycles. The molecule has 2 amide bonds. The molecule has 0 rings (SSSR count). The molecule has 0 saturated carbocycles. The molecule has 7 nitrogen and oxygen atoms in total. The van der Waals surface area contributed by atoms with Gasteiger partial charge in [-0.3, -0.25) is 4.79 Å². The molecule has 7 heteroatoms. The van der Waals surface area contributed by atoms with Gasteiger partial charge in [0.1, 0.15) is 6.04 Å². The van der Waals surface area contributed by atoms with Gasteiger partial charge < -0.3 is 20.1 Å². The summed E-state index contributed by atoms with van der Waals surface area (Å²) in [5.41, 5.74) is 0. The first kappa shape index (κ1) is 18.2. The van der Waals surface area contributed by atoms with Crippen LogP contribution in [0.5, 0.6) is 0 Å². The van der Waals surface area contributed by atoms with Crippen molar-refractivity contribution in [1.29, 1.82) is 0 Å². The topological polar surface area (TPSA) is 95.9 Å². The van der Waals surface area contributed by atoms with Gasteiger partial charge in [0.2, 0.25) is 0 Å². The summed E-state index contributed by atoms with van der Waals surface area (Å²) in [7, 11) is 1.24. The summed E-state index contributed by atoms with van der Waals surface area (Å²) in [6.07, 6.45) is 1.57. The lowest BCUT2D eigenvalue weighted by atomic mass is 10.1. The minimum absolute atomic E-state index is 0.0137. The van der Waals surface area contributed by atoms with Gasteiger partial charge >= 0.3 is 18.0 Å². The second-order valence-corrected chi connectivity index (χ2v) is 4.44. The summed E-state index contributed by atoms with van der Waals surface area (Å²) in [6, 6.07) is -1.50. The van der Waals surface area contributed by atoms with Crippen LogP contribution >= 0.6 is 0 Å². The predicted octanol–water partition coefficient (Wildman–Crippen LogP) is 1.22. The van der Waals surface area contributed by atoms with Crippen molar-refractivity contribution < 1.29 is 24.2 Å². The van der Waals surface area contributed by atoms with Crippen LogP contribution in [0, 0.1) is 0 Å². The number of nitrogens with one attached hydrogen (secondary N) is 1. The summed E-state index contributed by atoms with van der Waals surface area (Å²) >= 11 is 0. The Morgan fingerprint density at radius 1 is 1.20 bits per heavy atom. The molecule has 0 aliphatic carbocycles. The molecule has 116 valence electrons. The van der Waals surface area contributed by atoms with Crippen LogP contribution in [0.1, 0.15) is 39.5 Å². The van der Waals surface area contributed by atoms with Crippen molar-refractivity contribution in [3.63, 3.8) is 0 Å².